The number of nitrogens with zero attached hydrogens (tertiary/aromatic N) is 4. The molecule has 2 atom stereocenters. The van der Waals surface area contributed by atoms with Crippen molar-refractivity contribution in [3.05, 3.63) is 105 Å². The predicted molar refractivity (Wildman–Crippen MR) is 204 cm³/mol. The molecule has 10 nitrogen and oxygen atoms in total. The van der Waals surface area contributed by atoms with Crippen LogP contribution >= 0.6 is 11.6 Å². The van der Waals surface area contributed by atoms with Gasteiger partial charge in [0.2, 0.25) is 0 Å². The third-order valence-corrected chi connectivity index (χ3v) is 10.6. The van der Waals surface area contributed by atoms with Gasteiger partial charge >= 0.3 is 12.1 Å². The molecule has 2 unspecified atom stereocenters. The van der Waals surface area contributed by atoms with Gasteiger partial charge in [-0.1, -0.05) is 48.4 Å². The number of carboxylic acids is 1. The number of rotatable bonds is 15. The van der Waals surface area contributed by atoms with Crippen molar-refractivity contribution in [1.29, 1.82) is 5.26 Å². The number of piperidine rings is 1. The van der Waals surface area contributed by atoms with E-state index in [0.717, 1.165) is 19.4 Å². The highest BCUT2D eigenvalue weighted by molar-refractivity contribution is 6.32. The maximum absolute atomic E-state index is 14.7. The number of benzene rings is 3. The van der Waals surface area contributed by atoms with E-state index < -0.39 is 23.8 Å². The number of pyridine rings is 1. The number of nitriles is 1. The Morgan fingerprint density at radius 3 is 2.50 bits per heavy atom. The maximum atomic E-state index is 14.7. The lowest BCUT2D eigenvalue weighted by Gasteiger charge is -2.33. The zero-order valence-electron chi connectivity index (χ0n) is 31.0. The molecule has 2 fully saturated rings. The van der Waals surface area contributed by atoms with Crippen LogP contribution in [0.5, 0.6) is 17.2 Å². The molecule has 1 aromatic heterocycles. The lowest BCUT2D eigenvalue weighted by atomic mass is 9.92. The SMILES string of the molecule is Cc1c(COc2cc(OCc3cncc(C#N)c3)c(CN3CCCCC3C(=O)O)cc2Cl)cccc1-c1cccc(OCCCN2CCC(O)C2)c1C(F)(F)F. The molecule has 2 saturated heterocycles. The van der Waals surface area contributed by atoms with E-state index in [9.17, 15) is 33.4 Å². The molecule has 0 spiro atoms. The van der Waals surface area contributed by atoms with Crippen molar-refractivity contribution in [2.45, 2.75) is 77.1 Å². The Kier molecular flexibility index (Phi) is 13.4. The highest BCUT2D eigenvalue weighted by atomic mass is 35.5. The second-order valence-electron chi connectivity index (χ2n) is 14.2. The Morgan fingerprint density at radius 2 is 1.75 bits per heavy atom. The van der Waals surface area contributed by atoms with Crippen molar-refractivity contribution < 1.29 is 42.4 Å². The molecule has 56 heavy (non-hydrogen) atoms. The molecule has 3 aromatic carbocycles. The maximum Gasteiger partial charge on any atom is 0.420 e. The summed E-state index contributed by atoms with van der Waals surface area (Å²) in [6.45, 7) is 4.65. The molecular weight excluding hydrogens is 749 g/mol. The Bertz CT molecular complexity index is 2060. The number of halogens is 4. The number of hydrogen-bond donors (Lipinski definition) is 2. The predicted octanol–water partition coefficient (Wildman–Crippen LogP) is 8.03. The fourth-order valence-electron chi connectivity index (χ4n) is 7.35. The monoisotopic (exact) mass is 792 g/mol. The molecule has 6 rings (SSSR count). The molecule has 0 aliphatic carbocycles. The van der Waals surface area contributed by atoms with Crippen LogP contribution in [0.15, 0.2) is 67.0 Å². The minimum absolute atomic E-state index is 0.0116. The fourth-order valence-corrected chi connectivity index (χ4v) is 7.59. The number of aliphatic hydroxyl groups excluding tert-OH is 1. The summed E-state index contributed by atoms with van der Waals surface area (Å²) in [4.78, 5) is 20.1. The first-order chi connectivity index (χ1) is 26.9. The summed E-state index contributed by atoms with van der Waals surface area (Å²) in [6, 6.07) is 15.8. The highest BCUT2D eigenvalue weighted by Gasteiger charge is 2.38. The van der Waals surface area contributed by atoms with E-state index in [1.54, 1.807) is 55.6 Å². The average molecular weight is 793 g/mol. The van der Waals surface area contributed by atoms with Gasteiger partial charge in [-0.05, 0) is 79.6 Å². The number of ether oxygens (including phenoxy) is 3. The van der Waals surface area contributed by atoms with Crippen LogP contribution in [0.3, 0.4) is 0 Å². The first-order valence-corrected chi connectivity index (χ1v) is 19.0. The Balaban J connectivity index is 1.23. The average Bonchev–Trinajstić information content (AvgIpc) is 3.60. The lowest BCUT2D eigenvalue weighted by molar-refractivity contribution is -0.145. The van der Waals surface area contributed by atoms with E-state index in [0.29, 0.717) is 78.0 Å². The Hall–Kier alpha value is -4.87. The van der Waals surface area contributed by atoms with Gasteiger partial charge in [-0.2, -0.15) is 18.4 Å². The number of carbonyl (C=O) groups is 1. The van der Waals surface area contributed by atoms with Crippen LogP contribution in [0.4, 0.5) is 13.2 Å². The van der Waals surface area contributed by atoms with Crippen LogP contribution in [0.1, 0.15) is 65.5 Å². The minimum atomic E-state index is -4.69. The van der Waals surface area contributed by atoms with Gasteiger partial charge in [0, 0.05) is 55.8 Å². The van der Waals surface area contributed by atoms with E-state index in [1.807, 2.05) is 4.90 Å². The zero-order chi connectivity index (χ0) is 39.8. The first-order valence-electron chi connectivity index (χ1n) is 18.6. The third kappa shape index (κ3) is 10.1. The van der Waals surface area contributed by atoms with Crippen molar-refractivity contribution >= 4 is 17.6 Å². The molecule has 2 aliphatic rings. The molecule has 296 valence electrons. The minimum Gasteiger partial charge on any atom is -0.493 e. The van der Waals surface area contributed by atoms with Crippen LogP contribution in [0.2, 0.25) is 5.02 Å². The molecule has 2 aliphatic heterocycles. The first kappa shape index (κ1) is 40.8. The smallest absolute Gasteiger partial charge is 0.420 e. The van der Waals surface area contributed by atoms with Crippen molar-refractivity contribution in [1.82, 2.24) is 14.8 Å². The topological polar surface area (TPSA) is 128 Å². The number of β-amino-alcohol motifs (C(OH)–C–C–N with tert-alkyl or cyclic N) is 1. The molecule has 0 radical (unpaired) electrons. The summed E-state index contributed by atoms with van der Waals surface area (Å²) < 4.78 is 62.3. The van der Waals surface area contributed by atoms with Crippen LogP contribution in [-0.2, 0) is 30.7 Å². The number of aliphatic carboxylic acids is 1. The van der Waals surface area contributed by atoms with E-state index in [-0.39, 0.29) is 54.6 Å². The Morgan fingerprint density at radius 1 is 0.964 bits per heavy atom. The van der Waals surface area contributed by atoms with Gasteiger partial charge in [-0.3, -0.25) is 14.7 Å². The molecule has 4 aromatic rings. The highest BCUT2D eigenvalue weighted by Crippen LogP contribution is 2.44. The lowest BCUT2D eigenvalue weighted by Crippen LogP contribution is -2.44. The van der Waals surface area contributed by atoms with Gasteiger partial charge in [-0.25, -0.2) is 0 Å². The number of carboxylic acid groups (broad SMARTS) is 1. The summed E-state index contributed by atoms with van der Waals surface area (Å²) in [7, 11) is 0. The normalized spacial score (nSPS) is 17.7. The van der Waals surface area contributed by atoms with Gasteiger partial charge in [0.15, 0.2) is 0 Å². The van der Waals surface area contributed by atoms with Gasteiger partial charge in [0.25, 0.3) is 0 Å². The second-order valence-corrected chi connectivity index (χ2v) is 14.6. The quantitative estimate of drug-likeness (QED) is 0.114. The number of aliphatic hydroxyl groups is 1. The van der Waals surface area contributed by atoms with E-state index in [2.05, 4.69) is 16.0 Å². The third-order valence-electron chi connectivity index (χ3n) is 10.3. The van der Waals surface area contributed by atoms with Crippen LogP contribution < -0.4 is 14.2 Å². The second kappa shape index (κ2) is 18.4. The molecule has 0 amide bonds. The summed E-state index contributed by atoms with van der Waals surface area (Å²) in [5, 5.41) is 29.2. The van der Waals surface area contributed by atoms with Gasteiger partial charge < -0.3 is 29.3 Å². The summed E-state index contributed by atoms with van der Waals surface area (Å²) in [5.74, 6) is -0.475. The van der Waals surface area contributed by atoms with E-state index >= 15 is 0 Å². The molecule has 14 heteroatoms. The van der Waals surface area contributed by atoms with E-state index in [1.165, 1.54) is 18.3 Å². The van der Waals surface area contributed by atoms with Crippen LogP contribution in [-0.4, -0.2) is 75.9 Å². The van der Waals surface area contributed by atoms with Gasteiger partial charge in [0.05, 0.1) is 23.3 Å². The van der Waals surface area contributed by atoms with E-state index in [4.69, 9.17) is 25.8 Å². The molecule has 2 N–H and O–H groups in total. The molecular formula is C42H44ClF3N4O6. The van der Waals surface area contributed by atoms with Crippen molar-refractivity contribution in [2.24, 2.45) is 0 Å². The number of aromatic nitrogens is 1. The number of alkyl halides is 3. The van der Waals surface area contributed by atoms with Crippen molar-refractivity contribution in [3.8, 4) is 34.4 Å². The number of likely N-dealkylation sites (tertiary alicyclic amines) is 2. The van der Waals surface area contributed by atoms with Crippen molar-refractivity contribution in [2.75, 3.05) is 32.8 Å². The fraction of sp³-hybridized carbons (Fsp3) is 0.405. The zero-order valence-corrected chi connectivity index (χ0v) is 31.8. The van der Waals surface area contributed by atoms with Crippen LogP contribution in [0, 0.1) is 18.3 Å². The van der Waals surface area contributed by atoms with Crippen molar-refractivity contribution in [3.63, 3.8) is 0 Å². The van der Waals surface area contributed by atoms with Crippen LogP contribution in [0.25, 0.3) is 11.1 Å². The largest absolute Gasteiger partial charge is 0.493 e. The molecule has 3 heterocycles. The van der Waals surface area contributed by atoms with Gasteiger partial charge in [-0.15, -0.1) is 0 Å². The number of hydrogen-bond acceptors (Lipinski definition) is 9. The Labute approximate surface area is 329 Å². The van der Waals surface area contributed by atoms with Gasteiger partial charge in [0.1, 0.15) is 48.1 Å². The standard InChI is InChI=1S/C42H44ClF3N4O6/c1-27-30(7-4-8-33(27)34-9-5-11-37(40(34)42(44,45)46)54-16-6-13-49-15-12-32(51)24-49)26-56-39-19-38(55-25-29-17-28(20-47)21-48-22-29)31(18-35(39)43)23-50-14-3-2-10-36(50)41(52)53/h4-5,7-9,11,17-19,21-22,32,36,51H,2-3,6,10,12-16,23-26H2,1H3,(H,52,53). The molecule has 0 saturated carbocycles. The summed E-state index contributed by atoms with van der Waals surface area (Å²) >= 11 is 6.78. The molecule has 0 bridgehead atoms. The summed E-state index contributed by atoms with van der Waals surface area (Å²) in [6.07, 6.45) is 1.37. The summed E-state index contributed by atoms with van der Waals surface area (Å²) in [5.41, 5.74) is 2.40.